The van der Waals surface area contributed by atoms with Crippen LogP contribution in [0, 0.1) is 17.2 Å². The van der Waals surface area contributed by atoms with Crippen LogP contribution in [0.1, 0.15) is 13.8 Å². The molecule has 38 valence electrons. The van der Waals surface area contributed by atoms with E-state index in [0.717, 1.165) is 0 Å². The van der Waals surface area contributed by atoms with E-state index in [1.807, 2.05) is 0 Å². The van der Waals surface area contributed by atoms with Crippen molar-refractivity contribution in [2.75, 3.05) is 0 Å². The number of rotatable bonds is 1. The van der Waals surface area contributed by atoms with Crippen molar-refractivity contribution in [1.82, 2.24) is 0 Å². The lowest BCUT2D eigenvalue weighted by Crippen LogP contribution is -2.01. The summed E-state index contributed by atoms with van der Waals surface area (Å²) < 4.78 is 0. The van der Waals surface area contributed by atoms with Crippen LogP contribution in [0.4, 0.5) is 0 Å². The summed E-state index contributed by atoms with van der Waals surface area (Å²) in [6, 6.07) is 1.53. The molecule has 0 rings (SSSR count). The predicted molar refractivity (Wildman–Crippen MR) is 25.5 cm³/mol. The Bertz CT molecular complexity index is 110. The van der Waals surface area contributed by atoms with Gasteiger partial charge in [-0.25, -0.2) is 0 Å². The van der Waals surface area contributed by atoms with E-state index in [0.29, 0.717) is 0 Å². The lowest BCUT2D eigenvalue weighted by atomic mass is 10.1. The lowest BCUT2D eigenvalue weighted by molar-refractivity contribution is -0.116. The Morgan fingerprint density at radius 3 is 2.14 bits per heavy atom. The number of ketones is 1. The highest BCUT2D eigenvalue weighted by Crippen LogP contribution is 1.89. The van der Waals surface area contributed by atoms with Crippen molar-refractivity contribution in [1.29, 1.82) is 5.26 Å². The summed E-state index contributed by atoms with van der Waals surface area (Å²) in [6.45, 7) is 3.40. The van der Waals surface area contributed by atoms with E-state index in [1.165, 1.54) is 6.07 Å². The lowest BCUT2D eigenvalue weighted by Gasteiger charge is -1.87. The van der Waals surface area contributed by atoms with E-state index < -0.39 is 0 Å². The zero-order valence-electron chi connectivity index (χ0n) is 4.43. The van der Waals surface area contributed by atoms with Crippen molar-refractivity contribution >= 4 is 5.78 Å². The maximum Gasteiger partial charge on any atom is 0.234 e. The first-order valence-corrected chi connectivity index (χ1v) is 2.12. The molecule has 0 N–H and O–H groups in total. The van der Waals surface area contributed by atoms with E-state index in [1.54, 1.807) is 13.8 Å². The van der Waals surface area contributed by atoms with E-state index in [-0.39, 0.29) is 11.7 Å². The van der Waals surface area contributed by atoms with Crippen LogP contribution in [-0.2, 0) is 4.79 Å². The van der Waals surface area contributed by atoms with E-state index in [9.17, 15) is 4.79 Å². The van der Waals surface area contributed by atoms with Crippen LogP contribution in [0.2, 0.25) is 0 Å². The van der Waals surface area contributed by atoms with Gasteiger partial charge in [-0.3, -0.25) is 4.79 Å². The smallest absolute Gasteiger partial charge is 0.234 e. The first-order valence-electron chi connectivity index (χ1n) is 2.12. The van der Waals surface area contributed by atoms with Crippen LogP contribution in [-0.4, -0.2) is 5.78 Å². The summed E-state index contributed by atoms with van der Waals surface area (Å²) in [5, 5.41) is 7.91. The SMILES string of the molecule is CC(C)C(=O)C#N. The van der Waals surface area contributed by atoms with Gasteiger partial charge >= 0.3 is 0 Å². The molecule has 0 aromatic carbocycles. The van der Waals surface area contributed by atoms with Crippen LogP contribution in [0.25, 0.3) is 0 Å². The molecule has 0 fully saturated rings. The molecule has 0 amide bonds. The van der Waals surface area contributed by atoms with Gasteiger partial charge in [-0.1, -0.05) is 13.8 Å². The maximum absolute atomic E-state index is 10.2. The Hall–Kier alpha value is -0.840. The average Bonchev–Trinajstić information content (AvgIpc) is 1.65. The molecule has 0 aromatic rings. The fraction of sp³-hybridized carbons (Fsp3) is 0.600. The zero-order chi connectivity index (χ0) is 5.86. The second-order valence-corrected chi connectivity index (χ2v) is 1.63. The van der Waals surface area contributed by atoms with Gasteiger partial charge in [0.2, 0.25) is 5.78 Å². The van der Waals surface area contributed by atoms with Gasteiger partial charge in [-0.05, 0) is 0 Å². The standard InChI is InChI=1S/C5H7NO/c1-4(2)5(7)3-6/h4H,1-2H3. The van der Waals surface area contributed by atoms with E-state index in [4.69, 9.17) is 5.26 Å². The van der Waals surface area contributed by atoms with E-state index in [2.05, 4.69) is 0 Å². The normalized spacial score (nSPS) is 8.29. The highest BCUT2D eigenvalue weighted by Gasteiger charge is 2.02. The third kappa shape index (κ3) is 1.94. The quantitative estimate of drug-likeness (QED) is 0.453. The van der Waals surface area contributed by atoms with Crippen LogP contribution < -0.4 is 0 Å². The van der Waals surface area contributed by atoms with E-state index >= 15 is 0 Å². The van der Waals surface area contributed by atoms with Crippen molar-refractivity contribution in [3.8, 4) is 6.07 Å². The second kappa shape index (κ2) is 2.35. The average molecular weight is 97.1 g/mol. The second-order valence-electron chi connectivity index (χ2n) is 1.63. The highest BCUT2D eigenvalue weighted by molar-refractivity contribution is 5.94. The van der Waals surface area contributed by atoms with Gasteiger partial charge in [0.1, 0.15) is 6.07 Å². The van der Waals surface area contributed by atoms with Gasteiger partial charge in [-0.2, -0.15) is 5.26 Å². The van der Waals surface area contributed by atoms with Crippen LogP contribution >= 0.6 is 0 Å². The molecule has 0 aromatic heterocycles. The summed E-state index contributed by atoms with van der Waals surface area (Å²) in [6.07, 6.45) is 0. The van der Waals surface area contributed by atoms with Gasteiger partial charge in [-0.15, -0.1) is 0 Å². The van der Waals surface area contributed by atoms with Crippen LogP contribution in [0.5, 0.6) is 0 Å². The topological polar surface area (TPSA) is 40.9 Å². The fourth-order valence-electron chi connectivity index (χ4n) is 0.129. The molecule has 0 aliphatic heterocycles. The Morgan fingerprint density at radius 2 is 2.14 bits per heavy atom. The van der Waals surface area contributed by atoms with Crippen molar-refractivity contribution in [3.63, 3.8) is 0 Å². The fourth-order valence-corrected chi connectivity index (χ4v) is 0.129. The largest absolute Gasteiger partial charge is 0.282 e. The predicted octanol–water partition coefficient (Wildman–Crippen LogP) is 0.735. The molecule has 2 nitrogen and oxygen atoms in total. The number of hydrogen-bond acceptors (Lipinski definition) is 2. The minimum Gasteiger partial charge on any atom is -0.282 e. The van der Waals surface area contributed by atoms with Crippen molar-refractivity contribution in [2.45, 2.75) is 13.8 Å². The number of hydrogen-bond donors (Lipinski definition) is 0. The van der Waals surface area contributed by atoms with Gasteiger partial charge in [0.25, 0.3) is 0 Å². The number of nitrogens with zero attached hydrogens (tertiary/aromatic N) is 1. The summed E-state index contributed by atoms with van der Waals surface area (Å²) in [4.78, 5) is 10.2. The Balaban J connectivity index is 3.64. The number of Topliss-reactive ketones (excluding diaryl/α,β-unsaturated/α-hetero) is 1. The minimum absolute atomic E-state index is 0.134. The number of nitriles is 1. The molecule has 2 heteroatoms. The molecular weight excluding hydrogens is 90.1 g/mol. The summed E-state index contributed by atoms with van der Waals surface area (Å²) in [7, 11) is 0. The van der Waals surface area contributed by atoms with Crippen molar-refractivity contribution in [2.24, 2.45) is 5.92 Å². The molecule has 0 saturated heterocycles. The zero-order valence-corrected chi connectivity index (χ0v) is 4.43. The van der Waals surface area contributed by atoms with Crippen LogP contribution in [0.3, 0.4) is 0 Å². The molecule has 0 aliphatic carbocycles. The third-order valence-corrected chi connectivity index (χ3v) is 0.635. The number of carbonyl (C=O) groups excluding carboxylic acids is 1. The molecule has 0 atom stereocenters. The molecule has 0 bridgehead atoms. The molecule has 0 aliphatic rings. The third-order valence-electron chi connectivity index (χ3n) is 0.635. The molecule has 0 radical (unpaired) electrons. The molecule has 0 unspecified atom stereocenters. The molecule has 0 spiro atoms. The minimum atomic E-state index is -0.347. The van der Waals surface area contributed by atoms with Crippen molar-refractivity contribution < 1.29 is 4.79 Å². The Kier molecular flexibility index (Phi) is 2.07. The molecular formula is C5H7NO. The summed E-state index contributed by atoms with van der Waals surface area (Å²) >= 11 is 0. The highest BCUT2D eigenvalue weighted by atomic mass is 16.1. The number of carbonyl (C=O) groups is 1. The monoisotopic (exact) mass is 97.1 g/mol. The molecule has 0 saturated carbocycles. The maximum atomic E-state index is 10.2. The molecule has 7 heavy (non-hydrogen) atoms. The summed E-state index contributed by atoms with van der Waals surface area (Å²) in [5.41, 5.74) is 0. The first-order chi connectivity index (χ1) is 3.18. The van der Waals surface area contributed by atoms with Gasteiger partial charge < -0.3 is 0 Å². The van der Waals surface area contributed by atoms with Crippen LogP contribution in [0.15, 0.2) is 0 Å². The molecule has 0 heterocycles. The van der Waals surface area contributed by atoms with Gasteiger partial charge in [0.05, 0.1) is 0 Å². The summed E-state index contributed by atoms with van der Waals surface area (Å²) in [5.74, 6) is -0.481. The first kappa shape index (κ1) is 6.16. The Labute approximate surface area is 42.8 Å². The van der Waals surface area contributed by atoms with Gasteiger partial charge in [0.15, 0.2) is 0 Å². The van der Waals surface area contributed by atoms with Gasteiger partial charge in [0, 0.05) is 5.92 Å². The Morgan fingerprint density at radius 1 is 1.71 bits per heavy atom. The van der Waals surface area contributed by atoms with Crippen molar-refractivity contribution in [3.05, 3.63) is 0 Å².